The maximum atomic E-state index is 13.3. The number of piperazine rings is 1. The van der Waals surface area contributed by atoms with Gasteiger partial charge in [-0.15, -0.1) is 0 Å². The first-order valence-corrected chi connectivity index (χ1v) is 6.64. The molecule has 1 atom stereocenters. The van der Waals surface area contributed by atoms with E-state index in [-0.39, 0.29) is 11.9 Å². The number of nitrogens with zero attached hydrogens (tertiary/aromatic N) is 2. The lowest BCUT2D eigenvalue weighted by Gasteiger charge is -2.37. The average Bonchev–Trinajstić information content (AvgIpc) is 2.39. The van der Waals surface area contributed by atoms with E-state index in [1.807, 2.05) is 13.0 Å². The van der Waals surface area contributed by atoms with Crippen LogP contribution in [-0.2, 0) is 0 Å². The van der Waals surface area contributed by atoms with Gasteiger partial charge in [0.05, 0.1) is 0 Å². The molecular weight excluding hydrogens is 229 g/mol. The fourth-order valence-electron chi connectivity index (χ4n) is 2.48. The number of likely N-dealkylation sites (N-methyl/N-ethyl adjacent to an activating group) is 1. The molecule has 0 bridgehead atoms. The average molecular weight is 251 g/mol. The lowest BCUT2D eigenvalue weighted by Crippen LogP contribution is -2.46. The van der Waals surface area contributed by atoms with Crippen molar-refractivity contribution in [3.05, 3.63) is 29.6 Å². The summed E-state index contributed by atoms with van der Waals surface area (Å²) in [4.78, 5) is 4.73. The number of benzene rings is 1. The molecule has 0 radical (unpaired) electrons. The quantitative estimate of drug-likeness (QED) is 0.891. The van der Waals surface area contributed by atoms with Crippen molar-refractivity contribution < 1.29 is 4.39 Å². The SMILES string of the molecule is CCN1CCN(c2ccc(F)cc2[C@H](C)N)CC1. The fraction of sp³-hybridized carbons (Fsp3) is 0.571. The van der Waals surface area contributed by atoms with Gasteiger partial charge in [0.25, 0.3) is 0 Å². The molecule has 1 aromatic carbocycles. The second kappa shape index (κ2) is 5.67. The van der Waals surface area contributed by atoms with Gasteiger partial charge in [0, 0.05) is 37.9 Å². The number of rotatable bonds is 3. The summed E-state index contributed by atoms with van der Waals surface area (Å²) in [6, 6.07) is 4.80. The van der Waals surface area contributed by atoms with Gasteiger partial charge in [-0.1, -0.05) is 6.92 Å². The largest absolute Gasteiger partial charge is 0.369 e. The highest BCUT2D eigenvalue weighted by atomic mass is 19.1. The molecule has 0 spiro atoms. The third kappa shape index (κ3) is 2.82. The van der Waals surface area contributed by atoms with Gasteiger partial charge in [0.15, 0.2) is 0 Å². The van der Waals surface area contributed by atoms with E-state index in [0.717, 1.165) is 44.0 Å². The van der Waals surface area contributed by atoms with Crippen molar-refractivity contribution in [2.45, 2.75) is 19.9 Å². The van der Waals surface area contributed by atoms with Crippen LogP contribution in [0.2, 0.25) is 0 Å². The predicted octanol–water partition coefficient (Wildman–Crippen LogP) is 1.99. The van der Waals surface area contributed by atoms with Crippen LogP contribution < -0.4 is 10.6 Å². The Balaban J connectivity index is 2.18. The van der Waals surface area contributed by atoms with Crippen molar-refractivity contribution >= 4 is 5.69 Å². The summed E-state index contributed by atoms with van der Waals surface area (Å²) < 4.78 is 13.3. The van der Waals surface area contributed by atoms with E-state index in [1.54, 1.807) is 6.07 Å². The van der Waals surface area contributed by atoms with Crippen molar-refractivity contribution in [2.75, 3.05) is 37.6 Å². The summed E-state index contributed by atoms with van der Waals surface area (Å²) in [5.74, 6) is -0.210. The van der Waals surface area contributed by atoms with Crippen molar-refractivity contribution in [3.63, 3.8) is 0 Å². The molecule has 0 aliphatic carbocycles. The lowest BCUT2D eigenvalue weighted by molar-refractivity contribution is 0.271. The Morgan fingerprint density at radius 1 is 1.28 bits per heavy atom. The van der Waals surface area contributed by atoms with Gasteiger partial charge in [0.1, 0.15) is 5.82 Å². The highest BCUT2D eigenvalue weighted by molar-refractivity contribution is 5.55. The summed E-state index contributed by atoms with van der Waals surface area (Å²) >= 11 is 0. The fourth-order valence-corrected chi connectivity index (χ4v) is 2.48. The molecule has 2 N–H and O–H groups in total. The molecule has 100 valence electrons. The minimum atomic E-state index is -0.210. The summed E-state index contributed by atoms with van der Waals surface area (Å²) in [6.45, 7) is 9.27. The highest BCUT2D eigenvalue weighted by Crippen LogP contribution is 2.27. The molecule has 0 amide bonds. The molecule has 2 rings (SSSR count). The first-order chi connectivity index (χ1) is 8.61. The third-order valence-electron chi connectivity index (χ3n) is 3.64. The Bertz CT molecular complexity index is 398. The minimum Gasteiger partial charge on any atom is -0.369 e. The molecule has 1 aromatic rings. The number of hydrogen-bond donors (Lipinski definition) is 1. The molecule has 1 heterocycles. The maximum absolute atomic E-state index is 13.3. The summed E-state index contributed by atoms with van der Waals surface area (Å²) in [5, 5.41) is 0. The number of hydrogen-bond acceptors (Lipinski definition) is 3. The Morgan fingerprint density at radius 2 is 1.94 bits per heavy atom. The Morgan fingerprint density at radius 3 is 2.50 bits per heavy atom. The van der Waals surface area contributed by atoms with Crippen LogP contribution in [0.1, 0.15) is 25.5 Å². The highest BCUT2D eigenvalue weighted by Gasteiger charge is 2.19. The van der Waals surface area contributed by atoms with E-state index < -0.39 is 0 Å². The van der Waals surface area contributed by atoms with Crippen molar-refractivity contribution in [3.8, 4) is 0 Å². The standard InChI is InChI=1S/C14H22FN3/c1-3-17-6-8-18(9-7-17)14-5-4-12(15)10-13(14)11(2)16/h4-5,10-11H,3,6-9,16H2,1-2H3/t11-/m0/s1. The molecule has 0 saturated carbocycles. The van der Waals surface area contributed by atoms with E-state index >= 15 is 0 Å². The molecule has 1 saturated heterocycles. The molecule has 3 nitrogen and oxygen atoms in total. The van der Waals surface area contributed by atoms with Gasteiger partial charge in [-0.3, -0.25) is 0 Å². The Labute approximate surface area is 108 Å². The van der Waals surface area contributed by atoms with Gasteiger partial charge in [0.2, 0.25) is 0 Å². The molecule has 0 aromatic heterocycles. The predicted molar refractivity (Wildman–Crippen MR) is 73.3 cm³/mol. The van der Waals surface area contributed by atoms with Crippen molar-refractivity contribution in [1.82, 2.24) is 4.90 Å². The van der Waals surface area contributed by atoms with Crippen LogP contribution in [0.15, 0.2) is 18.2 Å². The van der Waals surface area contributed by atoms with E-state index in [0.29, 0.717) is 0 Å². The molecule has 0 unspecified atom stereocenters. The maximum Gasteiger partial charge on any atom is 0.123 e. The summed E-state index contributed by atoms with van der Waals surface area (Å²) in [7, 11) is 0. The second-order valence-electron chi connectivity index (χ2n) is 4.91. The second-order valence-corrected chi connectivity index (χ2v) is 4.91. The van der Waals surface area contributed by atoms with Crippen molar-refractivity contribution in [1.29, 1.82) is 0 Å². The Kier molecular flexibility index (Phi) is 4.19. The smallest absolute Gasteiger partial charge is 0.123 e. The first kappa shape index (κ1) is 13.3. The van der Waals surface area contributed by atoms with Gasteiger partial charge in [-0.2, -0.15) is 0 Å². The van der Waals surface area contributed by atoms with E-state index in [4.69, 9.17) is 5.73 Å². The molecule has 18 heavy (non-hydrogen) atoms. The monoisotopic (exact) mass is 251 g/mol. The first-order valence-electron chi connectivity index (χ1n) is 6.64. The molecule has 1 aliphatic heterocycles. The zero-order chi connectivity index (χ0) is 13.1. The zero-order valence-electron chi connectivity index (χ0n) is 11.2. The zero-order valence-corrected chi connectivity index (χ0v) is 11.2. The topological polar surface area (TPSA) is 32.5 Å². The van der Waals surface area contributed by atoms with Crippen LogP contribution in [-0.4, -0.2) is 37.6 Å². The molecule has 1 fully saturated rings. The van der Waals surface area contributed by atoms with Crippen LogP contribution in [0.4, 0.5) is 10.1 Å². The lowest BCUT2D eigenvalue weighted by atomic mass is 10.0. The van der Waals surface area contributed by atoms with Gasteiger partial charge >= 0.3 is 0 Å². The number of halogens is 1. The van der Waals surface area contributed by atoms with E-state index in [1.165, 1.54) is 6.07 Å². The van der Waals surface area contributed by atoms with Gasteiger partial charge in [-0.05, 0) is 37.2 Å². The minimum absolute atomic E-state index is 0.139. The Hall–Kier alpha value is -1.13. The van der Waals surface area contributed by atoms with Crippen molar-refractivity contribution in [2.24, 2.45) is 5.73 Å². The number of anilines is 1. The van der Waals surface area contributed by atoms with Crippen LogP contribution >= 0.6 is 0 Å². The van der Waals surface area contributed by atoms with Crippen LogP contribution in [0.25, 0.3) is 0 Å². The van der Waals surface area contributed by atoms with E-state index in [9.17, 15) is 4.39 Å². The summed E-state index contributed by atoms with van der Waals surface area (Å²) in [6.07, 6.45) is 0. The molecule has 1 aliphatic rings. The van der Waals surface area contributed by atoms with Crippen LogP contribution in [0, 0.1) is 5.82 Å². The molecule has 4 heteroatoms. The van der Waals surface area contributed by atoms with Crippen LogP contribution in [0.3, 0.4) is 0 Å². The van der Waals surface area contributed by atoms with Crippen LogP contribution in [0.5, 0.6) is 0 Å². The molecular formula is C14H22FN3. The van der Waals surface area contributed by atoms with Gasteiger partial charge < -0.3 is 15.5 Å². The summed E-state index contributed by atoms with van der Waals surface area (Å²) in [5.41, 5.74) is 7.93. The number of nitrogens with two attached hydrogens (primary N) is 1. The normalized spacial score (nSPS) is 19.0. The van der Waals surface area contributed by atoms with Gasteiger partial charge in [-0.25, -0.2) is 4.39 Å². The third-order valence-corrected chi connectivity index (χ3v) is 3.64. The van der Waals surface area contributed by atoms with E-state index in [2.05, 4.69) is 16.7 Å².